The van der Waals surface area contributed by atoms with Crippen molar-refractivity contribution in [1.82, 2.24) is 5.32 Å². The maximum atomic E-state index is 11.8. The van der Waals surface area contributed by atoms with E-state index in [0.717, 1.165) is 11.8 Å². The van der Waals surface area contributed by atoms with E-state index in [1.807, 2.05) is 0 Å². The van der Waals surface area contributed by atoms with Crippen molar-refractivity contribution in [3.63, 3.8) is 0 Å². The minimum atomic E-state index is -0.976. The maximum Gasteiger partial charge on any atom is 0.335 e. The highest BCUT2D eigenvalue weighted by atomic mass is 16.5. The molecule has 2 N–H and O–H groups in total. The van der Waals surface area contributed by atoms with Gasteiger partial charge in [-0.2, -0.15) is 0 Å². The SMILES string of the molecule is O=Cc1ccc(OCCCC(=O)NCc2ccc(C(=O)O)cc2)cc1. The van der Waals surface area contributed by atoms with Crippen molar-refractivity contribution in [3.05, 3.63) is 65.2 Å². The van der Waals surface area contributed by atoms with E-state index < -0.39 is 5.97 Å². The molecule has 0 heterocycles. The van der Waals surface area contributed by atoms with Crippen LogP contribution in [0, 0.1) is 0 Å². The molecule has 0 aromatic heterocycles. The predicted molar refractivity (Wildman–Crippen MR) is 91.8 cm³/mol. The Labute approximate surface area is 145 Å². The molecular formula is C19H19NO5. The lowest BCUT2D eigenvalue weighted by atomic mass is 10.1. The number of aldehydes is 1. The van der Waals surface area contributed by atoms with Crippen LogP contribution in [0.15, 0.2) is 48.5 Å². The van der Waals surface area contributed by atoms with E-state index >= 15 is 0 Å². The second-order valence-corrected chi connectivity index (χ2v) is 5.42. The Morgan fingerprint density at radius 3 is 2.32 bits per heavy atom. The lowest BCUT2D eigenvalue weighted by Gasteiger charge is -2.07. The van der Waals surface area contributed by atoms with Gasteiger partial charge in [0.05, 0.1) is 12.2 Å². The molecule has 0 aliphatic carbocycles. The Hall–Kier alpha value is -3.15. The summed E-state index contributed by atoms with van der Waals surface area (Å²) in [5.41, 5.74) is 1.64. The Bertz CT molecular complexity index is 722. The third kappa shape index (κ3) is 6.10. The van der Waals surface area contributed by atoms with Crippen molar-refractivity contribution < 1.29 is 24.2 Å². The number of hydrogen-bond donors (Lipinski definition) is 2. The van der Waals surface area contributed by atoms with Gasteiger partial charge in [-0.15, -0.1) is 0 Å². The largest absolute Gasteiger partial charge is 0.494 e. The van der Waals surface area contributed by atoms with E-state index in [0.29, 0.717) is 37.3 Å². The first kappa shape index (κ1) is 18.2. The summed E-state index contributed by atoms with van der Waals surface area (Å²) in [6, 6.07) is 13.1. The van der Waals surface area contributed by atoms with E-state index in [1.165, 1.54) is 12.1 Å². The van der Waals surface area contributed by atoms with Gasteiger partial charge in [0, 0.05) is 18.5 Å². The number of nitrogens with one attached hydrogen (secondary N) is 1. The fraction of sp³-hybridized carbons (Fsp3) is 0.211. The van der Waals surface area contributed by atoms with Gasteiger partial charge in [-0.3, -0.25) is 9.59 Å². The number of benzene rings is 2. The molecular weight excluding hydrogens is 322 g/mol. The van der Waals surface area contributed by atoms with Crippen LogP contribution in [-0.2, 0) is 11.3 Å². The molecule has 2 aromatic rings. The van der Waals surface area contributed by atoms with Crippen molar-refractivity contribution >= 4 is 18.2 Å². The van der Waals surface area contributed by atoms with Crippen LogP contribution in [0.3, 0.4) is 0 Å². The first-order valence-corrected chi connectivity index (χ1v) is 7.85. The number of carboxylic acid groups (broad SMARTS) is 1. The molecule has 0 saturated heterocycles. The molecule has 6 nitrogen and oxygen atoms in total. The second-order valence-electron chi connectivity index (χ2n) is 5.42. The Balaban J connectivity index is 1.64. The van der Waals surface area contributed by atoms with E-state index in [9.17, 15) is 14.4 Å². The molecule has 0 saturated carbocycles. The minimum Gasteiger partial charge on any atom is -0.494 e. The van der Waals surface area contributed by atoms with E-state index in [2.05, 4.69) is 5.32 Å². The third-order valence-corrected chi connectivity index (χ3v) is 3.52. The van der Waals surface area contributed by atoms with Crippen LogP contribution in [-0.4, -0.2) is 29.9 Å². The van der Waals surface area contributed by atoms with Crippen molar-refractivity contribution in [2.24, 2.45) is 0 Å². The van der Waals surface area contributed by atoms with Gasteiger partial charge in [0.2, 0.25) is 5.91 Å². The van der Waals surface area contributed by atoms with Gasteiger partial charge in [-0.25, -0.2) is 4.79 Å². The van der Waals surface area contributed by atoms with E-state index in [1.54, 1.807) is 36.4 Å². The van der Waals surface area contributed by atoms with Crippen LogP contribution in [0.1, 0.15) is 39.1 Å². The fourth-order valence-electron chi connectivity index (χ4n) is 2.12. The zero-order chi connectivity index (χ0) is 18.1. The van der Waals surface area contributed by atoms with Crippen molar-refractivity contribution in [2.45, 2.75) is 19.4 Å². The summed E-state index contributed by atoms with van der Waals surface area (Å²) in [7, 11) is 0. The quantitative estimate of drug-likeness (QED) is 0.540. The molecule has 0 bridgehead atoms. The molecule has 0 aliphatic heterocycles. The van der Waals surface area contributed by atoms with Crippen molar-refractivity contribution in [2.75, 3.05) is 6.61 Å². The Morgan fingerprint density at radius 2 is 1.72 bits per heavy atom. The molecule has 0 spiro atoms. The lowest BCUT2D eigenvalue weighted by Crippen LogP contribution is -2.23. The van der Waals surface area contributed by atoms with E-state index in [-0.39, 0.29) is 11.5 Å². The van der Waals surface area contributed by atoms with Gasteiger partial charge >= 0.3 is 5.97 Å². The summed E-state index contributed by atoms with van der Waals surface area (Å²) in [4.78, 5) is 33.1. The molecule has 0 fully saturated rings. The smallest absolute Gasteiger partial charge is 0.335 e. The number of carboxylic acids is 1. The first-order chi connectivity index (χ1) is 12.1. The molecule has 2 aromatic carbocycles. The number of ether oxygens (including phenoxy) is 1. The highest BCUT2D eigenvalue weighted by Crippen LogP contribution is 2.11. The fourth-order valence-corrected chi connectivity index (χ4v) is 2.12. The Kier molecular flexibility index (Phi) is 6.71. The summed E-state index contributed by atoms with van der Waals surface area (Å²) in [5, 5.41) is 11.6. The molecule has 1 amide bonds. The molecule has 25 heavy (non-hydrogen) atoms. The number of amides is 1. The topological polar surface area (TPSA) is 92.7 Å². The molecule has 0 radical (unpaired) electrons. The highest BCUT2D eigenvalue weighted by molar-refractivity contribution is 5.87. The van der Waals surface area contributed by atoms with Gasteiger partial charge in [0.1, 0.15) is 12.0 Å². The molecule has 6 heteroatoms. The van der Waals surface area contributed by atoms with Gasteiger partial charge < -0.3 is 15.2 Å². The summed E-state index contributed by atoms with van der Waals surface area (Å²) in [6.07, 6.45) is 1.67. The molecule has 2 rings (SSSR count). The zero-order valence-corrected chi connectivity index (χ0v) is 13.6. The molecule has 0 atom stereocenters. The van der Waals surface area contributed by atoms with Crippen LogP contribution in [0.25, 0.3) is 0 Å². The number of carbonyl (C=O) groups excluding carboxylic acids is 2. The standard InChI is InChI=1S/C19H19NO5/c21-13-15-5-9-17(10-6-15)25-11-1-2-18(22)20-12-14-3-7-16(8-4-14)19(23)24/h3-10,13H,1-2,11-12H2,(H,20,22)(H,23,24). The minimum absolute atomic E-state index is 0.0952. The molecule has 0 unspecified atom stereocenters. The van der Waals surface area contributed by atoms with Gasteiger partial charge in [0.25, 0.3) is 0 Å². The zero-order valence-electron chi connectivity index (χ0n) is 13.6. The lowest BCUT2D eigenvalue weighted by molar-refractivity contribution is -0.121. The first-order valence-electron chi connectivity index (χ1n) is 7.85. The molecule has 0 aliphatic rings. The van der Waals surface area contributed by atoms with Gasteiger partial charge in [0.15, 0.2) is 0 Å². The normalized spacial score (nSPS) is 10.1. The van der Waals surface area contributed by atoms with Crippen LogP contribution in [0.5, 0.6) is 5.75 Å². The Morgan fingerprint density at radius 1 is 1.04 bits per heavy atom. The number of carbonyl (C=O) groups is 3. The number of rotatable bonds is 9. The monoisotopic (exact) mass is 341 g/mol. The number of hydrogen-bond acceptors (Lipinski definition) is 4. The van der Waals surface area contributed by atoms with Gasteiger partial charge in [-0.1, -0.05) is 12.1 Å². The summed E-state index contributed by atoms with van der Waals surface area (Å²) < 4.78 is 5.50. The highest BCUT2D eigenvalue weighted by Gasteiger charge is 2.04. The maximum absolute atomic E-state index is 11.8. The third-order valence-electron chi connectivity index (χ3n) is 3.52. The number of aromatic carboxylic acids is 1. The van der Waals surface area contributed by atoms with Crippen LogP contribution < -0.4 is 10.1 Å². The second kappa shape index (κ2) is 9.22. The van der Waals surface area contributed by atoms with Crippen LogP contribution in [0.4, 0.5) is 0 Å². The van der Waals surface area contributed by atoms with Crippen LogP contribution in [0.2, 0.25) is 0 Å². The average molecular weight is 341 g/mol. The van der Waals surface area contributed by atoms with Crippen molar-refractivity contribution in [1.29, 1.82) is 0 Å². The summed E-state index contributed by atoms with van der Waals surface area (Å²) in [5.74, 6) is -0.414. The molecule has 130 valence electrons. The van der Waals surface area contributed by atoms with Gasteiger partial charge in [-0.05, 0) is 48.4 Å². The summed E-state index contributed by atoms with van der Waals surface area (Å²) >= 11 is 0. The predicted octanol–water partition coefficient (Wildman–Crippen LogP) is 2.67. The van der Waals surface area contributed by atoms with Crippen molar-refractivity contribution in [3.8, 4) is 5.75 Å². The van der Waals surface area contributed by atoms with E-state index in [4.69, 9.17) is 9.84 Å². The average Bonchev–Trinajstić information content (AvgIpc) is 2.64. The van der Waals surface area contributed by atoms with Crippen LogP contribution >= 0.6 is 0 Å². The summed E-state index contributed by atoms with van der Waals surface area (Å²) in [6.45, 7) is 0.758.